The molecule has 4 heterocycles. The van der Waals surface area contributed by atoms with Crippen LogP contribution in [0.2, 0.25) is 0 Å². The van der Waals surface area contributed by atoms with E-state index in [0.717, 1.165) is 35.2 Å². The fraction of sp³-hybridized carbons (Fsp3) is 0.310. The summed E-state index contributed by atoms with van der Waals surface area (Å²) >= 11 is 0. The summed E-state index contributed by atoms with van der Waals surface area (Å²) in [4.78, 5) is 23.7. The normalized spacial score (nSPS) is 15.9. The second kappa shape index (κ2) is 9.82. The molecule has 1 saturated heterocycles. The Morgan fingerprint density at radius 1 is 1.03 bits per heavy atom. The lowest BCUT2D eigenvalue weighted by molar-refractivity contribution is 0.0197. The minimum Gasteiger partial charge on any atom is -0.444 e. The number of hydrogen-bond donors (Lipinski definition) is 0. The van der Waals surface area contributed by atoms with Gasteiger partial charge in [-0.2, -0.15) is 5.10 Å². The Hall–Kier alpha value is -4.18. The molecule has 0 aliphatic carbocycles. The van der Waals surface area contributed by atoms with Crippen molar-refractivity contribution in [3.8, 4) is 23.0 Å². The summed E-state index contributed by atoms with van der Waals surface area (Å²) in [5.74, 6) is 6.51. The van der Waals surface area contributed by atoms with E-state index in [9.17, 15) is 4.79 Å². The lowest BCUT2D eigenvalue weighted by Gasteiger charge is -2.34. The van der Waals surface area contributed by atoms with Crippen molar-refractivity contribution in [1.29, 1.82) is 0 Å². The molecule has 5 rings (SSSR count). The third kappa shape index (κ3) is 5.38. The van der Waals surface area contributed by atoms with Gasteiger partial charge >= 0.3 is 6.09 Å². The largest absolute Gasteiger partial charge is 0.444 e. The van der Waals surface area contributed by atoms with Gasteiger partial charge in [0.1, 0.15) is 11.3 Å². The molecule has 0 bridgehead atoms. The number of amides is 1. The Kier molecular flexibility index (Phi) is 6.43. The summed E-state index contributed by atoms with van der Waals surface area (Å²) in [6.45, 7) is 6.96. The molecular weight excluding hydrogens is 450 g/mol. The predicted molar refractivity (Wildman–Crippen MR) is 138 cm³/mol. The zero-order chi connectivity index (χ0) is 25.1. The highest BCUT2D eigenvalue weighted by molar-refractivity contribution is 5.68. The molecule has 3 aromatic heterocycles. The molecule has 4 aromatic rings. The third-order valence-electron chi connectivity index (χ3n) is 6.05. The number of pyridine rings is 1. The first-order valence-corrected chi connectivity index (χ1v) is 12.2. The second-order valence-electron chi connectivity index (χ2n) is 10.00. The molecular formula is C29H29N5O2. The monoisotopic (exact) mass is 479 g/mol. The Morgan fingerprint density at radius 3 is 2.67 bits per heavy atom. The van der Waals surface area contributed by atoms with Crippen molar-refractivity contribution in [3.63, 3.8) is 0 Å². The van der Waals surface area contributed by atoms with E-state index in [1.54, 1.807) is 15.6 Å². The molecule has 0 radical (unpaired) electrons. The number of carbonyl (C=O) groups is 1. The predicted octanol–water partition coefficient (Wildman–Crippen LogP) is 5.31. The minimum absolute atomic E-state index is 0.156. The van der Waals surface area contributed by atoms with Gasteiger partial charge < -0.3 is 9.64 Å². The Bertz CT molecular complexity index is 1440. The van der Waals surface area contributed by atoms with Gasteiger partial charge in [0.25, 0.3) is 0 Å². The van der Waals surface area contributed by atoms with Crippen molar-refractivity contribution in [2.45, 2.75) is 45.1 Å². The standard InChI is InChI=1S/C29H29N5O2/c1-29(2,3)36-28(35)33-16-8-11-23(19-33)26-13-7-12-25(32-26)15-14-22-18-31-34-20-24(17-30-27(22)34)21-9-5-4-6-10-21/h4-7,9-10,12-13,17-18,20,23H,8,11,16,19H2,1-3H3. The zero-order valence-electron chi connectivity index (χ0n) is 20.8. The smallest absolute Gasteiger partial charge is 0.410 e. The molecule has 1 fully saturated rings. The number of piperidine rings is 1. The summed E-state index contributed by atoms with van der Waals surface area (Å²) in [6.07, 6.45) is 7.16. The maximum atomic E-state index is 12.5. The fourth-order valence-corrected chi connectivity index (χ4v) is 4.33. The summed E-state index contributed by atoms with van der Waals surface area (Å²) in [5.41, 5.74) is 4.65. The van der Waals surface area contributed by atoms with Crippen LogP contribution in [0.25, 0.3) is 16.8 Å². The van der Waals surface area contributed by atoms with E-state index in [-0.39, 0.29) is 12.0 Å². The van der Waals surface area contributed by atoms with Crippen molar-refractivity contribution < 1.29 is 9.53 Å². The van der Waals surface area contributed by atoms with Gasteiger partial charge in [-0.25, -0.2) is 19.3 Å². The molecule has 1 aliphatic rings. The van der Waals surface area contributed by atoms with Crippen LogP contribution in [0.3, 0.4) is 0 Å². The Labute approximate surface area is 211 Å². The molecule has 1 aromatic carbocycles. The van der Waals surface area contributed by atoms with Crippen molar-refractivity contribution in [1.82, 2.24) is 24.5 Å². The van der Waals surface area contributed by atoms with Gasteiger partial charge in [0.05, 0.1) is 11.8 Å². The van der Waals surface area contributed by atoms with Gasteiger partial charge in [0, 0.05) is 42.7 Å². The molecule has 182 valence electrons. The summed E-state index contributed by atoms with van der Waals surface area (Å²) < 4.78 is 7.32. The van der Waals surface area contributed by atoms with Crippen LogP contribution < -0.4 is 0 Å². The maximum absolute atomic E-state index is 12.5. The summed E-state index contributed by atoms with van der Waals surface area (Å²) in [6, 6.07) is 16.0. The quantitative estimate of drug-likeness (QED) is 0.365. The first kappa shape index (κ1) is 23.6. The van der Waals surface area contributed by atoms with Crippen molar-refractivity contribution >= 4 is 11.7 Å². The number of fused-ring (bicyclic) bond motifs is 1. The lowest BCUT2D eigenvalue weighted by atomic mass is 9.94. The number of ether oxygens (including phenoxy) is 1. The first-order valence-electron chi connectivity index (χ1n) is 12.2. The van der Waals surface area contributed by atoms with E-state index in [2.05, 4.69) is 21.9 Å². The molecule has 0 saturated carbocycles. The topological polar surface area (TPSA) is 72.6 Å². The number of aromatic nitrogens is 4. The van der Waals surface area contributed by atoms with Crippen LogP contribution in [0.4, 0.5) is 4.79 Å². The van der Waals surface area contributed by atoms with Crippen LogP contribution in [0.1, 0.15) is 56.5 Å². The lowest BCUT2D eigenvalue weighted by Crippen LogP contribution is -2.42. The van der Waals surface area contributed by atoms with Crippen LogP contribution in [0.5, 0.6) is 0 Å². The van der Waals surface area contributed by atoms with Gasteiger partial charge in [-0.15, -0.1) is 0 Å². The number of rotatable bonds is 2. The van der Waals surface area contributed by atoms with Crippen LogP contribution in [-0.2, 0) is 4.74 Å². The Morgan fingerprint density at radius 2 is 1.86 bits per heavy atom. The van der Waals surface area contributed by atoms with E-state index < -0.39 is 5.60 Å². The number of nitrogens with zero attached hydrogens (tertiary/aromatic N) is 5. The Balaban J connectivity index is 1.33. The van der Waals surface area contributed by atoms with Gasteiger partial charge in [-0.3, -0.25) is 0 Å². The fourth-order valence-electron chi connectivity index (χ4n) is 4.33. The maximum Gasteiger partial charge on any atom is 0.410 e. The molecule has 1 unspecified atom stereocenters. The van der Waals surface area contributed by atoms with Gasteiger partial charge in [-0.05, 0) is 57.2 Å². The second-order valence-corrected chi connectivity index (χ2v) is 10.00. The highest BCUT2D eigenvalue weighted by Crippen LogP contribution is 2.27. The number of likely N-dealkylation sites (tertiary alicyclic amines) is 1. The highest BCUT2D eigenvalue weighted by Gasteiger charge is 2.29. The average molecular weight is 480 g/mol. The first-order chi connectivity index (χ1) is 17.4. The number of hydrogen-bond acceptors (Lipinski definition) is 5. The van der Waals surface area contributed by atoms with Crippen molar-refractivity contribution in [2.75, 3.05) is 13.1 Å². The summed E-state index contributed by atoms with van der Waals surface area (Å²) in [7, 11) is 0. The third-order valence-corrected chi connectivity index (χ3v) is 6.05. The number of carbonyl (C=O) groups excluding carboxylic acids is 1. The minimum atomic E-state index is -0.506. The molecule has 7 nitrogen and oxygen atoms in total. The van der Waals surface area contributed by atoms with Gasteiger partial charge in [0.15, 0.2) is 5.65 Å². The highest BCUT2D eigenvalue weighted by atomic mass is 16.6. The number of benzene rings is 1. The molecule has 0 spiro atoms. The van der Waals surface area contributed by atoms with E-state index in [0.29, 0.717) is 24.4 Å². The van der Waals surface area contributed by atoms with Gasteiger partial charge in [-0.1, -0.05) is 42.3 Å². The molecule has 1 atom stereocenters. The molecule has 36 heavy (non-hydrogen) atoms. The van der Waals surface area contributed by atoms with E-state index >= 15 is 0 Å². The van der Waals surface area contributed by atoms with Crippen LogP contribution in [0.15, 0.2) is 67.1 Å². The van der Waals surface area contributed by atoms with Crippen LogP contribution >= 0.6 is 0 Å². The SMILES string of the molecule is CC(C)(C)OC(=O)N1CCCC(c2cccc(C#Cc3cnn4cc(-c5ccccc5)cnc34)n2)C1. The average Bonchev–Trinajstić information content (AvgIpc) is 3.29. The van der Waals surface area contributed by atoms with E-state index in [4.69, 9.17) is 9.72 Å². The van der Waals surface area contributed by atoms with E-state index in [1.807, 2.05) is 81.7 Å². The van der Waals surface area contributed by atoms with Gasteiger partial charge in [0.2, 0.25) is 0 Å². The summed E-state index contributed by atoms with van der Waals surface area (Å²) in [5, 5.41) is 4.44. The molecule has 1 aliphatic heterocycles. The van der Waals surface area contributed by atoms with Crippen LogP contribution in [0, 0.1) is 11.8 Å². The molecule has 0 N–H and O–H groups in total. The van der Waals surface area contributed by atoms with E-state index in [1.165, 1.54) is 0 Å². The van der Waals surface area contributed by atoms with Crippen molar-refractivity contribution in [2.24, 2.45) is 0 Å². The molecule has 1 amide bonds. The van der Waals surface area contributed by atoms with Crippen molar-refractivity contribution in [3.05, 3.63) is 84.1 Å². The molecule has 7 heteroatoms. The van der Waals surface area contributed by atoms with Crippen LogP contribution in [-0.4, -0.2) is 49.3 Å². The zero-order valence-corrected chi connectivity index (χ0v) is 20.8.